The van der Waals surface area contributed by atoms with Crippen LogP contribution in [-0.4, -0.2) is 9.36 Å². The molecule has 72 valence electrons. The number of nitrogens with zero attached hydrogens (tertiary/aromatic N) is 2. The van der Waals surface area contributed by atoms with Gasteiger partial charge in [0.05, 0.1) is 11.7 Å². The molecular weight excluding hydrogens is 194 g/mol. The lowest BCUT2D eigenvalue weighted by Gasteiger charge is -2.07. The predicted octanol–water partition coefficient (Wildman–Crippen LogP) is 1.78. The zero-order valence-corrected chi connectivity index (χ0v) is 8.45. The van der Waals surface area contributed by atoms with E-state index in [4.69, 9.17) is 5.73 Å². The van der Waals surface area contributed by atoms with Gasteiger partial charge >= 0.3 is 0 Å². The highest BCUT2D eigenvalue weighted by atomic mass is 32.1. The van der Waals surface area contributed by atoms with Crippen LogP contribution in [0.4, 0.5) is 0 Å². The third-order valence-electron chi connectivity index (χ3n) is 2.02. The third-order valence-corrected chi connectivity index (χ3v) is 2.59. The Kier molecular flexibility index (Phi) is 2.86. The standard InChI is InChI=1S/C10H11N3S/c11-9(10-3-5-14-13-10)6-8-2-1-4-12-7-8/h1-5,7,9H,6,11H2. The van der Waals surface area contributed by atoms with Gasteiger partial charge in [0.2, 0.25) is 0 Å². The summed E-state index contributed by atoms with van der Waals surface area (Å²) in [6, 6.07) is 5.89. The molecule has 0 radical (unpaired) electrons. The molecule has 0 aliphatic heterocycles. The van der Waals surface area contributed by atoms with E-state index in [0.29, 0.717) is 0 Å². The summed E-state index contributed by atoms with van der Waals surface area (Å²) in [4.78, 5) is 4.05. The van der Waals surface area contributed by atoms with Crippen molar-refractivity contribution in [2.24, 2.45) is 5.73 Å². The van der Waals surface area contributed by atoms with Crippen molar-refractivity contribution < 1.29 is 0 Å². The Hall–Kier alpha value is -1.26. The minimum absolute atomic E-state index is 0.0227. The molecule has 0 aliphatic rings. The molecule has 0 spiro atoms. The summed E-state index contributed by atoms with van der Waals surface area (Å²) < 4.78 is 4.21. The second-order valence-corrected chi connectivity index (χ2v) is 3.76. The van der Waals surface area contributed by atoms with E-state index < -0.39 is 0 Å². The van der Waals surface area contributed by atoms with Gasteiger partial charge in [-0.2, -0.15) is 4.37 Å². The molecule has 1 unspecified atom stereocenters. The lowest BCUT2D eigenvalue weighted by molar-refractivity contribution is 0.704. The van der Waals surface area contributed by atoms with Crippen LogP contribution >= 0.6 is 11.5 Å². The van der Waals surface area contributed by atoms with Crippen molar-refractivity contribution in [3.8, 4) is 0 Å². The molecule has 2 N–H and O–H groups in total. The molecule has 4 heteroatoms. The molecule has 2 aromatic heterocycles. The molecule has 0 amide bonds. The lowest BCUT2D eigenvalue weighted by atomic mass is 10.1. The van der Waals surface area contributed by atoms with Crippen molar-refractivity contribution >= 4 is 11.5 Å². The number of rotatable bonds is 3. The van der Waals surface area contributed by atoms with Crippen LogP contribution in [0.15, 0.2) is 36.0 Å². The first-order valence-corrected chi connectivity index (χ1v) is 5.24. The summed E-state index contributed by atoms with van der Waals surface area (Å²) in [5.74, 6) is 0. The predicted molar refractivity (Wildman–Crippen MR) is 57.0 cm³/mol. The average Bonchev–Trinajstić information content (AvgIpc) is 2.72. The van der Waals surface area contributed by atoms with E-state index in [9.17, 15) is 0 Å². The third kappa shape index (κ3) is 2.16. The van der Waals surface area contributed by atoms with Crippen molar-refractivity contribution in [1.29, 1.82) is 0 Å². The summed E-state index contributed by atoms with van der Waals surface area (Å²) in [6.07, 6.45) is 4.39. The van der Waals surface area contributed by atoms with Crippen LogP contribution in [0.1, 0.15) is 17.3 Å². The average molecular weight is 205 g/mol. The maximum Gasteiger partial charge on any atom is 0.0712 e. The van der Waals surface area contributed by atoms with E-state index >= 15 is 0 Å². The Bertz CT molecular complexity index is 372. The van der Waals surface area contributed by atoms with Crippen LogP contribution in [0.2, 0.25) is 0 Å². The minimum Gasteiger partial charge on any atom is -0.322 e. The summed E-state index contributed by atoms with van der Waals surface area (Å²) in [5.41, 5.74) is 8.09. The molecule has 0 bridgehead atoms. The van der Waals surface area contributed by atoms with Gasteiger partial charge in [-0.25, -0.2) is 0 Å². The first-order valence-electron chi connectivity index (χ1n) is 4.41. The first-order chi connectivity index (χ1) is 6.86. The van der Waals surface area contributed by atoms with Crippen molar-refractivity contribution in [3.63, 3.8) is 0 Å². The fourth-order valence-corrected chi connectivity index (χ4v) is 1.87. The summed E-state index contributed by atoms with van der Waals surface area (Å²) in [6.45, 7) is 0. The monoisotopic (exact) mass is 205 g/mol. The first kappa shape index (κ1) is 9.30. The fraction of sp³-hybridized carbons (Fsp3) is 0.200. The number of aromatic nitrogens is 2. The maximum absolute atomic E-state index is 5.99. The van der Waals surface area contributed by atoms with Crippen LogP contribution in [0, 0.1) is 0 Å². The Morgan fingerprint density at radius 2 is 2.36 bits per heavy atom. The van der Waals surface area contributed by atoms with E-state index in [1.807, 2.05) is 29.8 Å². The summed E-state index contributed by atoms with van der Waals surface area (Å²) >= 11 is 1.43. The molecule has 0 saturated heterocycles. The topological polar surface area (TPSA) is 51.8 Å². The van der Waals surface area contributed by atoms with Gasteiger partial charge in [-0.3, -0.25) is 4.98 Å². The molecule has 0 saturated carbocycles. The lowest BCUT2D eigenvalue weighted by Crippen LogP contribution is -2.13. The van der Waals surface area contributed by atoms with Crippen LogP contribution < -0.4 is 5.73 Å². The van der Waals surface area contributed by atoms with Gasteiger partial charge in [0.25, 0.3) is 0 Å². The van der Waals surface area contributed by atoms with Crippen LogP contribution in [0.25, 0.3) is 0 Å². The largest absolute Gasteiger partial charge is 0.322 e. The number of hydrogen-bond donors (Lipinski definition) is 1. The maximum atomic E-state index is 5.99. The molecule has 2 aromatic rings. The van der Waals surface area contributed by atoms with Gasteiger partial charge in [0.1, 0.15) is 0 Å². The van der Waals surface area contributed by atoms with Gasteiger partial charge in [-0.05, 0) is 35.6 Å². The minimum atomic E-state index is -0.0227. The number of nitrogens with two attached hydrogens (primary N) is 1. The van der Waals surface area contributed by atoms with Crippen molar-refractivity contribution in [2.75, 3.05) is 0 Å². The molecule has 2 rings (SSSR count). The summed E-state index contributed by atoms with van der Waals surface area (Å²) in [7, 11) is 0. The van der Waals surface area contributed by atoms with Gasteiger partial charge in [0.15, 0.2) is 0 Å². The zero-order valence-electron chi connectivity index (χ0n) is 7.63. The Morgan fingerprint density at radius 1 is 1.43 bits per heavy atom. The molecule has 0 fully saturated rings. The highest BCUT2D eigenvalue weighted by molar-refractivity contribution is 7.03. The molecule has 2 heterocycles. The molecule has 1 atom stereocenters. The van der Waals surface area contributed by atoms with Gasteiger partial charge < -0.3 is 5.73 Å². The smallest absolute Gasteiger partial charge is 0.0712 e. The molecular formula is C10H11N3S. The quantitative estimate of drug-likeness (QED) is 0.831. The van der Waals surface area contributed by atoms with Crippen molar-refractivity contribution in [2.45, 2.75) is 12.5 Å². The number of hydrogen-bond acceptors (Lipinski definition) is 4. The van der Waals surface area contributed by atoms with Gasteiger partial charge in [-0.15, -0.1) is 0 Å². The zero-order chi connectivity index (χ0) is 9.80. The van der Waals surface area contributed by atoms with E-state index in [1.165, 1.54) is 11.5 Å². The molecule has 0 aliphatic carbocycles. The second kappa shape index (κ2) is 4.30. The van der Waals surface area contributed by atoms with Crippen LogP contribution in [0.3, 0.4) is 0 Å². The highest BCUT2D eigenvalue weighted by Crippen LogP contribution is 2.14. The molecule has 0 aromatic carbocycles. The summed E-state index contributed by atoms with van der Waals surface area (Å²) in [5, 5.41) is 1.94. The molecule has 3 nitrogen and oxygen atoms in total. The van der Waals surface area contributed by atoms with E-state index in [0.717, 1.165) is 17.7 Å². The highest BCUT2D eigenvalue weighted by Gasteiger charge is 2.08. The Balaban J connectivity index is 2.06. The molecule has 14 heavy (non-hydrogen) atoms. The van der Waals surface area contributed by atoms with E-state index in [2.05, 4.69) is 9.36 Å². The van der Waals surface area contributed by atoms with Crippen molar-refractivity contribution in [3.05, 3.63) is 47.2 Å². The van der Waals surface area contributed by atoms with E-state index in [-0.39, 0.29) is 6.04 Å². The van der Waals surface area contributed by atoms with Crippen LogP contribution in [0.5, 0.6) is 0 Å². The normalized spacial score (nSPS) is 12.6. The Labute approximate surface area is 86.8 Å². The van der Waals surface area contributed by atoms with E-state index in [1.54, 1.807) is 6.20 Å². The Morgan fingerprint density at radius 3 is 3.00 bits per heavy atom. The van der Waals surface area contributed by atoms with Crippen LogP contribution in [-0.2, 0) is 6.42 Å². The van der Waals surface area contributed by atoms with Gasteiger partial charge in [0, 0.05) is 17.8 Å². The second-order valence-electron chi connectivity index (χ2n) is 3.10. The van der Waals surface area contributed by atoms with Gasteiger partial charge in [-0.1, -0.05) is 6.07 Å². The number of pyridine rings is 1. The SMILES string of the molecule is NC(Cc1cccnc1)c1ccsn1. The fourth-order valence-electron chi connectivity index (χ4n) is 1.29. The van der Waals surface area contributed by atoms with Crippen molar-refractivity contribution in [1.82, 2.24) is 9.36 Å².